The van der Waals surface area contributed by atoms with Gasteiger partial charge in [-0.1, -0.05) is 316 Å². The Morgan fingerprint density at radius 1 is 0.386 bits per heavy atom. The normalized spacial score (nSPS) is 13.5. The molecule has 9 nitrogen and oxygen atoms in total. The van der Waals surface area contributed by atoms with Gasteiger partial charge >= 0.3 is 13.8 Å². The molecule has 0 aliphatic rings. The van der Waals surface area contributed by atoms with Gasteiger partial charge in [-0.3, -0.25) is 13.8 Å². The van der Waals surface area contributed by atoms with E-state index in [1.165, 1.54) is 283 Å². The number of ether oxygens (including phenoxy) is 2. The van der Waals surface area contributed by atoms with Gasteiger partial charge in [-0.25, -0.2) is 4.57 Å². The van der Waals surface area contributed by atoms with E-state index in [-0.39, 0.29) is 25.6 Å². The second-order valence-electron chi connectivity index (χ2n) is 21.5. The number of hydrogen-bond donors (Lipinski definition) is 3. The molecule has 0 spiro atoms. The molecule has 0 aromatic heterocycles. The van der Waals surface area contributed by atoms with E-state index in [0.29, 0.717) is 6.61 Å². The van der Waals surface area contributed by atoms with E-state index in [9.17, 15) is 19.4 Å². The molecule has 0 aliphatic carbocycles. The summed E-state index contributed by atoms with van der Waals surface area (Å²) in [5, 5.41) is 18.5. The minimum absolute atomic E-state index is 0.0591. The van der Waals surface area contributed by atoms with Crippen LogP contribution in [0.25, 0.3) is 0 Å². The third kappa shape index (κ3) is 56.8. The average molecular weight is 1020 g/mol. The van der Waals surface area contributed by atoms with Crippen LogP contribution in [0.2, 0.25) is 0 Å². The first-order valence-electron chi connectivity index (χ1n) is 31.0. The van der Waals surface area contributed by atoms with E-state index in [1.807, 2.05) is 0 Å². The maximum Gasteiger partial charge on any atom is 0.472 e. The number of carbonyl (C=O) groups is 1. The van der Waals surface area contributed by atoms with Crippen molar-refractivity contribution < 1.29 is 43.0 Å². The van der Waals surface area contributed by atoms with Crippen molar-refractivity contribution in [2.24, 2.45) is 0 Å². The summed E-state index contributed by atoms with van der Waals surface area (Å²) < 4.78 is 33.7. The van der Waals surface area contributed by atoms with Crippen LogP contribution in [0.1, 0.15) is 335 Å². The molecule has 420 valence electrons. The highest BCUT2D eigenvalue weighted by molar-refractivity contribution is 7.47. The Bertz CT molecular complexity index is 1060. The topological polar surface area (TPSA) is 132 Å². The predicted octanol–water partition coefficient (Wildman–Crippen LogP) is 18.9. The van der Waals surface area contributed by atoms with Gasteiger partial charge in [0.15, 0.2) is 0 Å². The Balaban J connectivity index is 3.85. The maximum absolute atomic E-state index is 12.7. The van der Waals surface area contributed by atoms with Gasteiger partial charge in [0.25, 0.3) is 0 Å². The molecule has 0 heterocycles. The smallest absolute Gasteiger partial charge is 0.457 e. The summed E-state index contributed by atoms with van der Waals surface area (Å²) >= 11 is 0. The van der Waals surface area contributed by atoms with Crippen LogP contribution < -0.4 is 0 Å². The van der Waals surface area contributed by atoms with Crippen LogP contribution >= 0.6 is 7.82 Å². The quantitative estimate of drug-likeness (QED) is 0.0309. The first-order valence-corrected chi connectivity index (χ1v) is 32.5. The molecule has 0 fully saturated rings. The summed E-state index contributed by atoms with van der Waals surface area (Å²) in [4.78, 5) is 22.8. The molecule has 0 saturated heterocycles. The van der Waals surface area contributed by atoms with Gasteiger partial charge in [0.2, 0.25) is 0 Å². The minimum Gasteiger partial charge on any atom is -0.457 e. The van der Waals surface area contributed by atoms with Crippen molar-refractivity contribution in [1.29, 1.82) is 0 Å². The fourth-order valence-electron chi connectivity index (χ4n) is 9.60. The lowest BCUT2D eigenvalue weighted by Gasteiger charge is -2.20. The predicted molar refractivity (Wildman–Crippen MR) is 298 cm³/mol. The van der Waals surface area contributed by atoms with Gasteiger partial charge < -0.3 is 24.6 Å². The second kappa shape index (κ2) is 57.7. The minimum atomic E-state index is -4.52. The number of hydrogen-bond acceptors (Lipinski definition) is 8. The number of unbranched alkanes of at least 4 members (excludes halogenated alkanes) is 47. The fourth-order valence-corrected chi connectivity index (χ4v) is 10.4. The average Bonchev–Trinajstić information content (AvgIpc) is 3.35. The molecular formula is C60H121O9P. The zero-order chi connectivity index (χ0) is 51.0. The number of esters is 1. The van der Waals surface area contributed by atoms with Crippen LogP contribution in [0.4, 0.5) is 0 Å². The van der Waals surface area contributed by atoms with Crippen molar-refractivity contribution in [3.63, 3.8) is 0 Å². The summed E-state index contributed by atoms with van der Waals surface area (Å²) in [6.45, 7) is 3.63. The summed E-state index contributed by atoms with van der Waals surface area (Å²) in [7, 11) is -4.52. The van der Waals surface area contributed by atoms with Crippen LogP contribution in [0.5, 0.6) is 0 Å². The summed E-state index contributed by atoms with van der Waals surface area (Å²) in [5.41, 5.74) is 0. The lowest BCUT2D eigenvalue weighted by atomic mass is 10.0. The Labute approximate surface area is 435 Å². The molecule has 3 N–H and O–H groups in total. The van der Waals surface area contributed by atoms with Crippen LogP contribution in [0.3, 0.4) is 0 Å². The third-order valence-electron chi connectivity index (χ3n) is 14.3. The zero-order valence-corrected chi connectivity index (χ0v) is 47.7. The van der Waals surface area contributed by atoms with E-state index in [0.717, 1.165) is 32.1 Å². The van der Waals surface area contributed by atoms with Crippen molar-refractivity contribution in [2.45, 2.75) is 347 Å². The maximum atomic E-state index is 12.7. The van der Waals surface area contributed by atoms with Crippen LogP contribution in [-0.4, -0.2) is 66.3 Å². The first kappa shape index (κ1) is 69.5. The molecule has 3 atom stereocenters. The molecule has 0 rings (SSSR count). The lowest BCUT2D eigenvalue weighted by Crippen LogP contribution is -2.29. The number of rotatable bonds is 61. The van der Waals surface area contributed by atoms with Crippen LogP contribution in [0, 0.1) is 0 Å². The number of aliphatic hydroxyl groups is 2. The number of phosphoric acid groups is 1. The van der Waals surface area contributed by atoms with E-state index < -0.39 is 33.2 Å². The van der Waals surface area contributed by atoms with E-state index >= 15 is 0 Å². The van der Waals surface area contributed by atoms with Gasteiger partial charge in [0, 0.05) is 13.0 Å². The molecule has 0 aromatic carbocycles. The Morgan fingerprint density at radius 2 is 0.643 bits per heavy atom. The number of phosphoric ester groups is 1. The lowest BCUT2D eigenvalue weighted by molar-refractivity contribution is -0.154. The third-order valence-corrected chi connectivity index (χ3v) is 15.2. The summed E-state index contributed by atoms with van der Waals surface area (Å²) in [6.07, 6.45) is 64.0. The van der Waals surface area contributed by atoms with E-state index in [1.54, 1.807) is 0 Å². The standard InChI is InChI=1S/C60H121O9P/c1-3-5-7-9-11-13-15-17-19-21-23-24-25-26-27-28-29-30-31-32-33-34-35-36-38-40-42-44-46-48-50-52-60(63)69-59(57-68-70(64,65)67-55-58(62)54-61)56-66-53-51-49-47-45-43-41-39-37-22-20-18-16-14-12-10-8-6-4-2/h58-59,61-62H,3-57H2,1-2H3,(H,64,65)/t58-,59+/m0/s1. The van der Waals surface area contributed by atoms with E-state index in [2.05, 4.69) is 13.8 Å². The molecule has 0 radical (unpaired) electrons. The second-order valence-corrected chi connectivity index (χ2v) is 22.9. The highest BCUT2D eigenvalue weighted by Crippen LogP contribution is 2.43. The van der Waals surface area contributed by atoms with Gasteiger partial charge in [0.1, 0.15) is 12.2 Å². The SMILES string of the molecule is CCCCCCCCCCCCCCCCCCCCCCCCCCCCCCCCCC(=O)O[C@H](COCCCCCCCCCCCCCCCCCCCC)COP(=O)(O)OC[C@@H](O)CO. The van der Waals surface area contributed by atoms with Gasteiger partial charge in [-0.2, -0.15) is 0 Å². The summed E-state index contributed by atoms with van der Waals surface area (Å²) in [5.74, 6) is -0.370. The molecule has 70 heavy (non-hydrogen) atoms. The molecule has 10 heteroatoms. The molecular weight excluding hydrogens is 896 g/mol. The van der Waals surface area contributed by atoms with E-state index in [4.69, 9.17) is 23.6 Å². The van der Waals surface area contributed by atoms with Gasteiger partial charge in [-0.15, -0.1) is 0 Å². The molecule has 0 aliphatic heterocycles. The largest absolute Gasteiger partial charge is 0.472 e. The Morgan fingerprint density at radius 3 is 0.929 bits per heavy atom. The van der Waals surface area contributed by atoms with Crippen molar-refractivity contribution in [3.05, 3.63) is 0 Å². The molecule has 0 aromatic rings. The highest BCUT2D eigenvalue weighted by atomic mass is 31.2. The molecule has 0 bridgehead atoms. The Kier molecular flexibility index (Phi) is 57.3. The van der Waals surface area contributed by atoms with Crippen molar-refractivity contribution in [3.8, 4) is 0 Å². The molecule has 0 saturated carbocycles. The number of aliphatic hydroxyl groups excluding tert-OH is 2. The molecule has 0 amide bonds. The van der Waals surface area contributed by atoms with Gasteiger partial charge in [0.05, 0.1) is 26.4 Å². The number of carbonyl (C=O) groups excluding carboxylic acids is 1. The Hall–Kier alpha value is -0.540. The first-order chi connectivity index (χ1) is 34.3. The van der Waals surface area contributed by atoms with Gasteiger partial charge in [-0.05, 0) is 12.8 Å². The summed E-state index contributed by atoms with van der Waals surface area (Å²) in [6, 6.07) is 0. The van der Waals surface area contributed by atoms with Crippen LogP contribution in [-0.2, 0) is 27.9 Å². The fraction of sp³-hybridized carbons (Fsp3) is 0.983. The highest BCUT2D eigenvalue weighted by Gasteiger charge is 2.26. The van der Waals surface area contributed by atoms with Crippen molar-refractivity contribution in [2.75, 3.05) is 33.0 Å². The van der Waals surface area contributed by atoms with Crippen molar-refractivity contribution in [1.82, 2.24) is 0 Å². The van der Waals surface area contributed by atoms with Crippen molar-refractivity contribution >= 4 is 13.8 Å². The monoisotopic (exact) mass is 1020 g/mol. The van der Waals surface area contributed by atoms with Crippen LogP contribution in [0.15, 0.2) is 0 Å². The zero-order valence-electron chi connectivity index (χ0n) is 46.8. The molecule has 1 unspecified atom stereocenters.